The molecular weight excluding hydrogens is 491 g/mol. The topological polar surface area (TPSA) is 121 Å². The summed E-state index contributed by atoms with van der Waals surface area (Å²) in [6.07, 6.45) is 1.14. The zero-order valence-corrected chi connectivity index (χ0v) is 19.8. The number of nitrogens with zero attached hydrogens (tertiary/aromatic N) is 2. The lowest BCUT2D eigenvalue weighted by Gasteiger charge is -2.26. The molecule has 0 atom stereocenters. The lowest BCUT2D eigenvalue weighted by atomic mass is 10.2. The molecule has 2 N–H and O–H groups in total. The monoisotopic (exact) mass is 510 g/mol. The third kappa shape index (κ3) is 5.96. The molecule has 0 spiro atoms. The molecule has 2 aromatic rings. The number of rotatable bonds is 7. The van der Waals surface area contributed by atoms with Crippen LogP contribution in [0.4, 0.5) is 11.4 Å². The standard InChI is InChI=1S/C21H20Cl2N4O5S/c1-31-20-5-2-15(22)10-19(20)26-21(28)14(12-24)13-25-18-11-16(3-4-17(18)23)33(29,30)27-6-8-32-9-7-27/h2-5,10-11,13,25H,6-9H2,1H3,(H,26,28)/b14-13-. The minimum Gasteiger partial charge on any atom is -0.495 e. The number of carbonyl (C=O) groups is 1. The summed E-state index contributed by atoms with van der Waals surface area (Å²) in [5.74, 6) is -0.360. The van der Waals surface area contributed by atoms with E-state index in [0.29, 0.717) is 24.0 Å². The van der Waals surface area contributed by atoms with E-state index < -0.39 is 15.9 Å². The van der Waals surface area contributed by atoms with Gasteiger partial charge in [0.2, 0.25) is 10.0 Å². The number of nitrogens with one attached hydrogen (secondary N) is 2. The smallest absolute Gasteiger partial charge is 0.267 e. The van der Waals surface area contributed by atoms with Crippen molar-refractivity contribution in [2.75, 3.05) is 44.0 Å². The van der Waals surface area contributed by atoms with Crippen molar-refractivity contribution in [3.05, 3.63) is 58.2 Å². The highest BCUT2D eigenvalue weighted by Gasteiger charge is 2.27. The van der Waals surface area contributed by atoms with Gasteiger partial charge in [-0.15, -0.1) is 0 Å². The first-order chi connectivity index (χ1) is 15.8. The van der Waals surface area contributed by atoms with Crippen LogP contribution in [0.25, 0.3) is 0 Å². The minimum absolute atomic E-state index is 0.0244. The molecular formula is C21H20Cl2N4O5S. The lowest BCUT2D eigenvalue weighted by molar-refractivity contribution is -0.112. The van der Waals surface area contributed by atoms with Crippen molar-refractivity contribution < 1.29 is 22.7 Å². The molecule has 1 saturated heterocycles. The Labute approximate surface area is 201 Å². The summed E-state index contributed by atoms with van der Waals surface area (Å²) in [5.41, 5.74) is 0.217. The zero-order chi connectivity index (χ0) is 24.0. The molecule has 0 aromatic heterocycles. The average Bonchev–Trinajstić information content (AvgIpc) is 2.81. The first-order valence-corrected chi connectivity index (χ1v) is 11.8. The number of nitriles is 1. The van der Waals surface area contributed by atoms with Gasteiger partial charge < -0.3 is 20.1 Å². The van der Waals surface area contributed by atoms with Gasteiger partial charge in [-0.3, -0.25) is 4.79 Å². The van der Waals surface area contributed by atoms with Gasteiger partial charge in [0.15, 0.2) is 0 Å². The molecule has 12 heteroatoms. The number of morpholine rings is 1. The third-order valence-corrected chi connectivity index (χ3v) is 7.15. The number of hydrogen-bond acceptors (Lipinski definition) is 7. The first-order valence-electron chi connectivity index (χ1n) is 9.65. The van der Waals surface area contributed by atoms with Crippen LogP contribution in [-0.4, -0.2) is 52.0 Å². The number of hydrogen-bond donors (Lipinski definition) is 2. The van der Waals surface area contributed by atoms with Crippen molar-refractivity contribution in [1.82, 2.24) is 4.31 Å². The van der Waals surface area contributed by atoms with Crippen molar-refractivity contribution in [3.63, 3.8) is 0 Å². The molecule has 0 saturated carbocycles. The summed E-state index contributed by atoms with van der Waals surface area (Å²) >= 11 is 12.2. The van der Waals surface area contributed by atoms with Crippen molar-refractivity contribution in [1.29, 1.82) is 5.26 Å². The fourth-order valence-corrected chi connectivity index (χ4v) is 4.76. The SMILES string of the molecule is COc1ccc(Cl)cc1NC(=O)/C(C#N)=C\Nc1cc(S(=O)(=O)N2CCOCC2)ccc1Cl. The van der Waals surface area contributed by atoms with E-state index in [2.05, 4.69) is 10.6 Å². The summed E-state index contributed by atoms with van der Waals surface area (Å²) in [7, 11) is -2.32. The summed E-state index contributed by atoms with van der Waals surface area (Å²) < 4.78 is 37.5. The maximum atomic E-state index is 12.9. The zero-order valence-electron chi connectivity index (χ0n) is 17.5. The van der Waals surface area contributed by atoms with E-state index in [1.807, 2.05) is 0 Å². The molecule has 33 heavy (non-hydrogen) atoms. The molecule has 3 rings (SSSR count). The molecule has 2 aromatic carbocycles. The Morgan fingerprint density at radius 1 is 1.18 bits per heavy atom. The van der Waals surface area contributed by atoms with Gasteiger partial charge in [-0.1, -0.05) is 23.2 Å². The van der Waals surface area contributed by atoms with Crippen molar-refractivity contribution >= 4 is 50.5 Å². The average molecular weight is 511 g/mol. The number of ether oxygens (including phenoxy) is 2. The fourth-order valence-electron chi connectivity index (χ4n) is 2.98. The van der Waals surface area contributed by atoms with Crippen LogP contribution >= 0.6 is 23.2 Å². The van der Waals surface area contributed by atoms with Crippen LogP contribution in [0.15, 0.2) is 53.1 Å². The number of sulfonamides is 1. The quantitative estimate of drug-likeness (QED) is 0.431. The van der Waals surface area contributed by atoms with Crippen molar-refractivity contribution in [2.24, 2.45) is 0 Å². The fraction of sp³-hybridized carbons (Fsp3) is 0.238. The lowest BCUT2D eigenvalue weighted by Crippen LogP contribution is -2.40. The van der Waals surface area contributed by atoms with Gasteiger partial charge in [0, 0.05) is 24.3 Å². The highest BCUT2D eigenvalue weighted by Crippen LogP contribution is 2.29. The van der Waals surface area contributed by atoms with Gasteiger partial charge in [-0.2, -0.15) is 9.57 Å². The normalized spacial score (nSPS) is 14.9. The van der Waals surface area contributed by atoms with Gasteiger partial charge in [-0.25, -0.2) is 8.42 Å². The van der Waals surface area contributed by atoms with Crippen LogP contribution in [0.5, 0.6) is 5.75 Å². The van der Waals surface area contributed by atoms with E-state index in [9.17, 15) is 18.5 Å². The number of amides is 1. The molecule has 1 amide bonds. The Hall–Kier alpha value is -2.81. The first kappa shape index (κ1) is 24.8. The number of carbonyl (C=O) groups excluding carboxylic acids is 1. The maximum Gasteiger partial charge on any atom is 0.267 e. The Bertz CT molecular complexity index is 1220. The molecule has 0 unspecified atom stereocenters. The van der Waals surface area contributed by atoms with Gasteiger partial charge in [0.1, 0.15) is 17.4 Å². The van der Waals surface area contributed by atoms with Crippen LogP contribution in [0.2, 0.25) is 10.0 Å². The number of benzene rings is 2. The highest BCUT2D eigenvalue weighted by molar-refractivity contribution is 7.89. The molecule has 9 nitrogen and oxygen atoms in total. The van der Waals surface area contributed by atoms with Crippen LogP contribution < -0.4 is 15.4 Å². The second-order valence-corrected chi connectivity index (χ2v) is 9.55. The van der Waals surface area contributed by atoms with E-state index in [0.717, 1.165) is 6.20 Å². The van der Waals surface area contributed by atoms with Crippen LogP contribution in [0.3, 0.4) is 0 Å². The van der Waals surface area contributed by atoms with Gasteiger partial charge in [0.05, 0.1) is 41.6 Å². The highest BCUT2D eigenvalue weighted by atomic mass is 35.5. The number of anilines is 2. The van der Waals surface area contributed by atoms with Crippen molar-refractivity contribution in [3.8, 4) is 11.8 Å². The van der Waals surface area contributed by atoms with Crippen molar-refractivity contribution in [2.45, 2.75) is 4.90 Å². The van der Waals surface area contributed by atoms with E-state index in [4.69, 9.17) is 32.7 Å². The second-order valence-electron chi connectivity index (χ2n) is 6.77. The Morgan fingerprint density at radius 3 is 2.58 bits per heavy atom. The predicted octanol–water partition coefficient (Wildman–Crippen LogP) is 3.48. The summed E-state index contributed by atoms with van der Waals surface area (Å²) in [6.45, 7) is 1.14. The van der Waals surface area contributed by atoms with Crippen LogP contribution in [0, 0.1) is 11.3 Å². The minimum atomic E-state index is -3.75. The summed E-state index contributed by atoms with van der Waals surface area (Å²) in [5, 5.41) is 15.3. The molecule has 0 aliphatic carbocycles. The van der Waals surface area contributed by atoms with E-state index >= 15 is 0 Å². The molecule has 1 aliphatic rings. The van der Waals surface area contributed by atoms with Gasteiger partial charge >= 0.3 is 0 Å². The summed E-state index contributed by atoms with van der Waals surface area (Å²) in [6, 6.07) is 10.6. The van der Waals surface area contributed by atoms with E-state index in [1.54, 1.807) is 18.2 Å². The third-order valence-electron chi connectivity index (χ3n) is 4.69. The van der Waals surface area contributed by atoms with Gasteiger partial charge in [-0.05, 0) is 36.4 Å². The Kier molecular flexibility index (Phi) is 8.18. The second kappa shape index (κ2) is 10.9. The summed E-state index contributed by atoms with van der Waals surface area (Å²) in [4.78, 5) is 12.6. The Morgan fingerprint density at radius 2 is 1.91 bits per heavy atom. The number of halogens is 2. The Balaban J connectivity index is 1.81. The molecule has 1 heterocycles. The van der Waals surface area contributed by atoms with Crippen LogP contribution in [0.1, 0.15) is 0 Å². The van der Waals surface area contributed by atoms with Gasteiger partial charge in [0.25, 0.3) is 5.91 Å². The van der Waals surface area contributed by atoms with E-state index in [-0.39, 0.29) is 40.0 Å². The van der Waals surface area contributed by atoms with E-state index in [1.165, 1.54) is 35.7 Å². The number of methoxy groups -OCH3 is 1. The molecule has 1 aliphatic heterocycles. The molecule has 0 bridgehead atoms. The predicted molar refractivity (Wildman–Crippen MR) is 125 cm³/mol. The van der Waals surface area contributed by atoms with Crippen LogP contribution in [-0.2, 0) is 19.6 Å². The molecule has 0 radical (unpaired) electrons. The maximum absolute atomic E-state index is 12.9. The largest absolute Gasteiger partial charge is 0.495 e. The molecule has 1 fully saturated rings. The molecule has 174 valence electrons.